The van der Waals surface area contributed by atoms with Gasteiger partial charge in [0.25, 0.3) is 5.56 Å². The average molecular weight is 740 g/mol. The predicted octanol–water partition coefficient (Wildman–Crippen LogP) is 6.92. The van der Waals surface area contributed by atoms with Crippen LogP contribution < -0.4 is 15.2 Å². The number of aromatic carboxylic acids is 1. The number of nitrogens with zero attached hydrogens (tertiary/aromatic N) is 7. The van der Waals surface area contributed by atoms with Crippen LogP contribution in [0.2, 0.25) is 5.02 Å². The van der Waals surface area contributed by atoms with Gasteiger partial charge in [-0.2, -0.15) is 18.4 Å². The third kappa shape index (κ3) is 6.59. The van der Waals surface area contributed by atoms with Crippen molar-refractivity contribution in [2.24, 2.45) is 0 Å². The van der Waals surface area contributed by atoms with E-state index >= 15 is 0 Å². The van der Waals surface area contributed by atoms with E-state index in [0.717, 1.165) is 0 Å². The highest BCUT2D eigenvalue weighted by Crippen LogP contribution is 2.40. The van der Waals surface area contributed by atoms with Crippen molar-refractivity contribution in [3.05, 3.63) is 74.4 Å². The van der Waals surface area contributed by atoms with Crippen molar-refractivity contribution in [2.45, 2.75) is 57.9 Å². The molecule has 0 amide bonds. The number of alkyl halides is 3. The SMILES string of the molecule is Cc1nc2cnc(N(C)C3CCN(C(C)(C)C(F)(F)F)CC3)c(C#N)c2c(=O)n1CCOc1ccc(Cl)cc1-c1ccnc2c(C(=O)O)csc12. The van der Waals surface area contributed by atoms with Crippen LogP contribution in [0, 0.1) is 18.3 Å². The zero-order valence-electron chi connectivity index (χ0n) is 28.1. The van der Waals surface area contributed by atoms with Crippen LogP contribution in [-0.4, -0.2) is 80.0 Å². The van der Waals surface area contributed by atoms with Gasteiger partial charge in [0.1, 0.15) is 41.2 Å². The van der Waals surface area contributed by atoms with Crippen LogP contribution in [0.25, 0.3) is 32.2 Å². The van der Waals surface area contributed by atoms with Gasteiger partial charge in [-0.05, 0) is 57.9 Å². The number of fused-ring (bicyclic) bond motifs is 2. The lowest BCUT2D eigenvalue weighted by molar-refractivity contribution is -0.223. The number of thiophene rings is 1. The molecule has 0 saturated carbocycles. The zero-order chi connectivity index (χ0) is 36.8. The van der Waals surface area contributed by atoms with E-state index in [-0.39, 0.29) is 60.1 Å². The van der Waals surface area contributed by atoms with E-state index in [4.69, 9.17) is 16.3 Å². The second kappa shape index (κ2) is 13.7. The summed E-state index contributed by atoms with van der Waals surface area (Å²) in [5.41, 5.74) is -0.378. The van der Waals surface area contributed by atoms with Crippen LogP contribution in [0.3, 0.4) is 0 Å². The molecule has 5 aromatic rings. The van der Waals surface area contributed by atoms with Crippen LogP contribution in [0.4, 0.5) is 19.0 Å². The van der Waals surface area contributed by atoms with Gasteiger partial charge in [-0.15, -0.1) is 11.3 Å². The van der Waals surface area contributed by atoms with Gasteiger partial charge in [-0.3, -0.25) is 19.2 Å². The largest absolute Gasteiger partial charge is 0.491 e. The van der Waals surface area contributed by atoms with E-state index in [1.54, 1.807) is 43.1 Å². The Hall–Kier alpha value is -4.78. The molecule has 1 fully saturated rings. The monoisotopic (exact) mass is 739 g/mol. The van der Waals surface area contributed by atoms with Crippen LogP contribution in [0.15, 0.2) is 46.8 Å². The Labute approximate surface area is 299 Å². The number of hydrogen-bond acceptors (Lipinski definition) is 10. The van der Waals surface area contributed by atoms with Gasteiger partial charge in [0.2, 0.25) is 0 Å². The molecule has 6 rings (SSSR count). The maximum Gasteiger partial charge on any atom is 0.406 e. The number of likely N-dealkylation sites (tertiary alicyclic amines) is 1. The fourth-order valence-corrected chi connectivity index (χ4v) is 7.69. The summed E-state index contributed by atoms with van der Waals surface area (Å²) in [4.78, 5) is 42.2. The van der Waals surface area contributed by atoms with Crippen molar-refractivity contribution in [1.82, 2.24) is 24.4 Å². The molecular weight excluding hydrogens is 707 g/mol. The van der Waals surface area contributed by atoms with Gasteiger partial charge in [0.05, 0.1) is 39.4 Å². The minimum Gasteiger partial charge on any atom is -0.491 e. The highest BCUT2D eigenvalue weighted by atomic mass is 35.5. The van der Waals surface area contributed by atoms with E-state index in [1.807, 2.05) is 0 Å². The number of halogens is 4. The van der Waals surface area contributed by atoms with Crippen molar-refractivity contribution >= 4 is 55.8 Å². The van der Waals surface area contributed by atoms with Crippen molar-refractivity contribution in [3.8, 4) is 22.9 Å². The Balaban J connectivity index is 1.26. The lowest BCUT2D eigenvalue weighted by atomic mass is 9.95. The lowest BCUT2D eigenvalue weighted by Crippen LogP contribution is -2.58. The Morgan fingerprint density at radius 3 is 2.59 bits per heavy atom. The number of aryl methyl sites for hydroxylation is 1. The average Bonchev–Trinajstić information content (AvgIpc) is 3.54. The number of anilines is 1. The molecule has 0 radical (unpaired) electrons. The summed E-state index contributed by atoms with van der Waals surface area (Å²) < 4.78 is 49.2. The molecule has 0 atom stereocenters. The van der Waals surface area contributed by atoms with Crippen molar-refractivity contribution in [2.75, 3.05) is 31.6 Å². The molecule has 0 unspecified atom stereocenters. The summed E-state index contributed by atoms with van der Waals surface area (Å²) in [6.07, 6.45) is -0.583. The fourth-order valence-electron chi connectivity index (χ4n) is 6.49. The maximum atomic E-state index is 14.0. The van der Waals surface area contributed by atoms with Crippen molar-refractivity contribution < 1.29 is 27.8 Å². The molecule has 5 heterocycles. The second-order valence-electron chi connectivity index (χ2n) is 12.8. The molecule has 0 aliphatic carbocycles. The smallest absolute Gasteiger partial charge is 0.406 e. The Bertz CT molecular complexity index is 2260. The van der Waals surface area contributed by atoms with Crippen LogP contribution in [0.5, 0.6) is 5.75 Å². The van der Waals surface area contributed by atoms with Gasteiger partial charge < -0.3 is 14.7 Å². The number of carboxylic acids is 1. The topological polar surface area (TPSA) is 137 Å². The predicted molar refractivity (Wildman–Crippen MR) is 189 cm³/mol. The Morgan fingerprint density at radius 1 is 1.20 bits per heavy atom. The zero-order valence-corrected chi connectivity index (χ0v) is 29.7. The molecule has 1 aromatic carbocycles. The van der Waals surface area contributed by atoms with Gasteiger partial charge in [-0.25, -0.2) is 14.8 Å². The number of nitriles is 1. The minimum atomic E-state index is -4.38. The van der Waals surface area contributed by atoms with E-state index in [1.165, 1.54) is 52.4 Å². The molecule has 0 bridgehead atoms. The molecule has 16 heteroatoms. The van der Waals surface area contributed by atoms with Crippen molar-refractivity contribution in [1.29, 1.82) is 5.26 Å². The molecular formula is C35H33ClF3N7O4S. The third-order valence-electron chi connectivity index (χ3n) is 9.60. The number of rotatable bonds is 9. The Kier molecular flexibility index (Phi) is 9.71. The number of aromatic nitrogens is 4. The van der Waals surface area contributed by atoms with E-state index < -0.39 is 23.2 Å². The van der Waals surface area contributed by atoms with Gasteiger partial charge in [0.15, 0.2) is 0 Å². The second-order valence-corrected chi connectivity index (χ2v) is 14.1. The number of benzene rings is 1. The minimum absolute atomic E-state index is 0.0359. The summed E-state index contributed by atoms with van der Waals surface area (Å²) >= 11 is 7.61. The number of pyridine rings is 2. The molecule has 0 spiro atoms. The first kappa shape index (κ1) is 36.0. The lowest BCUT2D eigenvalue weighted by Gasteiger charge is -2.45. The van der Waals surface area contributed by atoms with Crippen LogP contribution >= 0.6 is 22.9 Å². The molecule has 1 aliphatic heterocycles. The molecule has 266 valence electrons. The van der Waals surface area contributed by atoms with Crippen LogP contribution in [0.1, 0.15) is 48.4 Å². The summed E-state index contributed by atoms with van der Waals surface area (Å²) in [6, 6.07) is 8.76. The first-order valence-electron chi connectivity index (χ1n) is 16.0. The van der Waals surface area contributed by atoms with Gasteiger partial charge >= 0.3 is 12.1 Å². The number of piperidine rings is 1. The first-order chi connectivity index (χ1) is 24.1. The first-order valence-corrected chi connectivity index (χ1v) is 17.3. The molecule has 51 heavy (non-hydrogen) atoms. The maximum absolute atomic E-state index is 14.0. The van der Waals surface area contributed by atoms with Gasteiger partial charge in [0, 0.05) is 53.9 Å². The molecule has 1 N–H and O–H groups in total. The highest BCUT2D eigenvalue weighted by Gasteiger charge is 2.51. The third-order valence-corrected chi connectivity index (χ3v) is 10.8. The van der Waals surface area contributed by atoms with E-state index in [9.17, 15) is 33.1 Å². The molecule has 1 saturated heterocycles. The fraction of sp³-hybridized carbons (Fsp3) is 0.371. The molecule has 4 aromatic heterocycles. The summed E-state index contributed by atoms with van der Waals surface area (Å²) in [5, 5.41) is 21.9. The summed E-state index contributed by atoms with van der Waals surface area (Å²) in [5.74, 6) is 0.0153. The summed E-state index contributed by atoms with van der Waals surface area (Å²) in [6.45, 7) is 4.56. The standard InChI is InChI=1S/C35H33ClF3N7O4S/c1-19-43-26-17-42-31(44(4)21-8-11-45(12-9-21)34(2,3)35(37,38)39)24(16-40)28(26)32(47)46(19)13-14-50-27-6-5-20(36)15-23(27)22-7-10-41-29-25(33(48)49)18-51-30(22)29/h5-7,10,15,17-18,21H,8-9,11-14H2,1-4H3,(H,48,49). The molecule has 11 nitrogen and oxygen atoms in total. The van der Waals surface area contributed by atoms with Gasteiger partial charge in [-0.1, -0.05) is 11.6 Å². The number of carboxylic acid groups (broad SMARTS) is 1. The highest BCUT2D eigenvalue weighted by molar-refractivity contribution is 7.18. The number of hydrogen-bond donors (Lipinski definition) is 1. The normalized spacial score (nSPS) is 14.6. The number of ether oxygens (including phenoxy) is 1. The van der Waals surface area contributed by atoms with E-state index in [2.05, 4.69) is 21.0 Å². The van der Waals surface area contributed by atoms with Crippen LogP contribution in [-0.2, 0) is 6.54 Å². The van der Waals surface area contributed by atoms with Crippen molar-refractivity contribution in [3.63, 3.8) is 0 Å². The Morgan fingerprint density at radius 2 is 1.92 bits per heavy atom. The quantitative estimate of drug-likeness (QED) is 0.170. The van der Waals surface area contributed by atoms with E-state index in [0.29, 0.717) is 50.8 Å². The molecule has 1 aliphatic rings. The summed E-state index contributed by atoms with van der Waals surface area (Å²) in [7, 11) is 1.73. The number of carbonyl (C=O) groups is 1.